The summed E-state index contributed by atoms with van der Waals surface area (Å²) in [5, 5.41) is 11.2. The molecule has 0 spiro atoms. The van der Waals surface area contributed by atoms with Crippen molar-refractivity contribution in [3.05, 3.63) is 30.3 Å². The fraction of sp³-hybridized carbons (Fsp3) is 0.784. The second kappa shape index (κ2) is 41.6. The van der Waals surface area contributed by atoms with Gasteiger partial charge in [-0.3, -0.25) is 9.59 Å². The molecule has 1 rings (SSSR count). The highest BCUT2D eigenvalue weighted by Gasteiger charge is 2.04. The van der Waals surface area contributed by atoms with E-state index in [1.807, 2.05) is 30.3 Å². The van der Waals surface area contributed by atoms with E-state index in [2.05, 4.69) is 5.32 Å². The summed E-state index contributed by atoms with van der Waals surface area (Å²) >= 11 is 0. The molecule has 2 N–H and O–H groups in total. The number of benzene rings is 1. The zero-order chi connectivity index (χ0) is 38.7. The number of hydrogen-bond donors (Lipinski definition) is 2. The van der Waals surface area contributed by atoms with Gasteiger partial charge in [0.15, 0.2) is 0 Å². The van der Waals surface area contributed by atoms with Crippen LogP contribution in [0.15, 0.2) is 30.3 Å². The SMILES string of the molecule is O=C(O)CCC(=O)NCCCOCCOCCOCCOCCOCCOCCOCCOCCOCCOCCOCCOCCOc1ccccc1. The van der Waals surface area contributed by atoms with E-state index in [0.717, 1.165) is 5.75 Å². The van der Waals surface area contributed by atoms with Gasteiger partial charge in [-0.1, -0.05) is 18.2 Å². The van der Waals surface area contributed by atoms with E-state index < -0.39 is 5.97 Å². The van der Waals surface area contributed by atoms with Crippen molar-refractivity contribution in [3.8, 4) is 5.75 Å². The lowest BCUT2D eigenvalue weighted by atomic mass is 10.3. The van der Waals surface area contributed by atoms with Crippen molar-refractivity contribution in [3.63, 3.8) is 0 Å². The molecule has 1 aromatic carbocycles. The first kappa shape index (κ1) is 49.5. The molecule has 0 unspecified atom stereocenters. The third-order valence-corrected chi connectivity index (χ3v) is 6.69. The topological polar surface area (TPSA) is 186 Å². The van der Waals surface area contributed by atoms with Crippen molar-refractivity contribution in [2.45, 2.75) is 19.3 Å². The lowest BCUT2D eigenvalue weighted by Crippen LogP contribution is -2.25. The predicted molar refractivity (Wildman–Crippen MR) is 196 cm³/mol. The van der Waals surface area contributed by atoms with Gasteiger partial charge in [0, 0.05) is 19.6 Å². The minimum atomic E-state index is -0.984. The Balaban J connectivity index is 1.61. The first-order valence-electron chi connectivity index (χ1n) is 18.8. The summed E-state index contributed by atoms with van der Waals surface area (Å²) in [6, 6.07) is 9.65. The molecule has 314 valence electrons. The largest absolute Gasteiger partial charge is 0.491 e. The first-order valence-corrected chi connectivity index (χ1v) is 18.8. The molecule has 0 fully saturated rings. The Labute approximate surface area is 320 Å². The summed E-state index contributed by atoms with van der Waals surface area (Å²) in [4.78, 5) is 21.8. The summed E-state index contributed by atoms with van der Waals surface area (Å²) in [7, 11) is 0. The number of ether oxygens (including phenoxy) is 13. The summed E-state index contributed by atoms with van der Waals surface area (Å²) in [5.74, 6) is -0.415. The van der Waals surface area contributed by atoms with Crippen molar-refractivity contribution in [1.29, 1.82) is 0 Å². The lowest BCUT2D eigenvalue weighted by Gasteiger charge is -2.09. The molecule has 0 saturated heterocycles. The highest BCUT2D eigenvalue weighted by molar-refractivity contribution is 5.80. The highest BCUT2D eigenvalue weighted by Crippen LogP contribution is 2.07. The number of nitrogens with one attached hydrogen (secondary N) is 1. The van der Waals surface area contributed by atoms with Gasteiger partial charge in [0.1, 0.15) is 12.4 Å². The molecule has 0 heterocycles. The standard InChI is InChI=1S/C37H65NO16/c39-36(7-8-37(40)41)38-9-4-10-42-11-12-43-13-14-44-15-16-45-17-18-46-19-20-47-21-22-48-23-24-49-25-26-50-27-28-51-29-30-52-31-32-53-33-34-54-35-5-2-1-3-6-35/h1-3,5-6H,4,7-34H2,(H,38,39)(H,40,41). The Morgan fingerprint density at radius 2 is 0.704 bits per heavy atom. The van der Waals surface area contributed by atoms with E-state index in [9.17, 15) is 9.59 Å². The molecule has 0 saturated carbocycles. The van der Waals surface area contributed by atoms with Crippen LogP contribution in [0.4, 0.5) is 0 Å². The predicted octanol–water partition coefficient (Wildman–Crippen LogP) is 1.64. The maximum Gasteiger partial charge on any atom is 0.303 e. The van der Waals surface area contributed by atoms with Gasteiger partial charge in [-0.05, 0) is 18.6 Å². The molecule has 0 radical (unpaired) electrons. The van der Waals surface area contributed by atoms with Crippen LogP contribution >= 0.6 is 0 Å². The molecular weight excluding hydrogens is 714 g/mol. The zero-order valence-corrected chi connectivity index (χ0v) is 32.0. The van der Waals surface area contributed by atoms with Crippen LogP contribution in [-0.4, -0.2) is 189 Å². The zero-order valence-electron chi connectivity index (χ0n) is 32.0. The highest BCUT2D eigenvalue weighted by atomic mass is 16.6. The third kappa shape index (κ3) is 39.2. The minimum absolute atomic E-state index is 0.0122. The molecule has 0 aliphatic heterocycles. The Morgan fingerprint density at radius 1 is 0.407 bits per heavy atom. The number of rotatable bonds is 44. The summed E-state index contributed by atoms with van der Waals surface area (Å²) < 4.78 is 71.2. The van der Waals surface area contributed by atoms with E-state index in [1.165, 1.54) is 0 Å². The number of hydrogen-bond acceptors (Lipinski definition) is 15. The maximum atomic E-state index is 11.4. The number of aliphatic carboxylic acids is 1. The molecule has 1 amide bonds. The van der Waals surface area contributed by atoms with Gasteiger partial charge in [-0.15, -0.1) is 0 Å². The smallest absolute Gasteiger partial charge is 0.303 e. The van der Waals surface area contributed by atoms with Crippen molar-refractivity contribution in [1.82, 2.24) is 5.32 Å². The van der Waals surface area contributed by atoms with Crippen LogP contribution in [0.5, 0.6) is 5.75 Å². The van der Waals surface area contributed by atoms with Crippen LogP contribution in [0, 0.1) is 0 Å². The first-order chi connectivity index (χ1) is 26.7. The summed E-state index contributed by atoms with van der Waals surface area (Å²) in [5.41, 5.74) is 0. The molecular formula is C37H65NO16. The quantitative estimate of drug-likeness (QED) is 0.0910. The molecule has 0 atom stereocenters. The van der Waals surface area contributed by atoms with Crippen molar-refractivity contribution >= 4 is 11.9 Å². The van der Waals surface area contributed by atoms with Gasteiger partial charge in [0.05, 0.1) is 158 Å². The number of carboxylic acid groups (broad SMARTS) is 1. The molecule has 17 heteroatoms. The Kier molecular flexibility index (Phi) is 38.2. The lowest BCUT2D eigenvalue weighted by molar-refractivity contribution is -0.138. The second-order valence-corrected chi connectivity index (χ2v) is 11.1. The van der Waals surface area contributed by atoms with Gasteiger partial charge < -0.3 is 72.0 Å². The fourth-order valence-corrected chi connectivity index (χ4v) is 3.97. The van der Waals surface area contributed by atoms with Gasteiger partial charge >= 0.3 is 5.97 Å². The van der Waals surface area contributed by atoms with Gasteiger partial charge in [0.25, 0.3) is 0 Å². The molecule has 17 nitrogen and oxygen atoms in total. The van der Waals surface area contributed by atoms with E-state index in [4.69, 9.17) is 66.7 Å². The Hall–Kier alpha value is -2.52. The van der Waals surface area contributed by atoms with E-state index in [-0.39, 0.29) is 18.7 Å². The molecule has 1 aromatic rings. The average molecular weight is 780 g/mol. The van der Waals surface area contributed by atoms with Crippen molar-refractivity contribution < 1.29 is 76.3 Å². The Morgan fingerprint density at radius 3 is 1.02 bits per heavy atom. The number of amides is 1. The van der Waals surface area contributed by atoms with E-state index in [1.54, 1.807) is 0 Å². The summed E-state index contributed by atoms with van der Waals surface area (Å²) in [6.45, 7) is 12.6. The number of para-hydroxylation sites is 1. The van der Waals surface area contributed by atoms with Crippen LogP contribution in [0.1, 0.15) is 19.3 Å². The van der Waals surface area contributed by atoms with Crippen LogP contribution in [0.3, 0.4) is 0 Å². The van der Waals surface area contributed by atoms with Gasteiger partial charge in [-0.2, -0.15) is 0 Å². The van der Waals surface area contributed by atoms with Gasteiger partial charge in [0.2, 0.25) is 5.91 Å². The maximum absolute atomic E-state index is 11.4. The average Bonchev–Trinajstić information content (AvgIpc) is 3.18. The number of carbonyl (C=O) groups excluding carboxylic acids is 1. The molecule has 0 bridgehead atoms. The van der Waals surface area contributed by atoms with Crippen molar-refractivity contribution in [2.24, 2.45) is 0 Å². The van der Waals surface area contributed by atoms with Gasteiger partial charge in [-0.25, -0.2) is 0 Å². The fourth-order valence-electron chi connectivity index (χ4n) is 3.97. The third-order valence-electron chi connectivity index (χ3n) is 6.69. The van der Waals surface area contributed by atoms with Crippen LogP contribution in [-0.2, 0) is 66.4 Å². The Bertz CT molecular complexity index is 933. The van der Waals surface area contributed by atoms with Crippen LogP contribution < -0.4 is 10.1 Å². The van der Waals surface area contributed by atoms with E-state index in [0.29, 0.717) is 178 Å². The van der Waals surface area contributed by atoms with Crippen LogP contribution in [0.25, 0.3) is 0 Å². The monoisotopic (exact) mass is 779 g/mol. The number of carbonyl (C=O) groups is 2. The molecule has 54 heavy (non-hydrogen) atoms. The second-order valence-electron chi connectivity index (χ2n) is 11.1. The number of carboxylic acids is 1. The van der Waals surface area contributed by atoms with Crippen LogP contribution in [0.2, 0.25) is 0 Å². The molecule has 0 aliphatic rings. The van der Waals surface area contributed by atoms with E-state index >= 15 is 0 Å². The van der Waals surface area contributed by atoms with Crippen molar-refractivity contribution in [2.75, 3.05) is 172 Å². The minimum Gasteiger partial charge on any atom is -0.491 e. The molecule has 0 aliphatic carbocycles. The normalized spacial score (nSPS) is 11.3. The molecule has 0 aromatic heterocycles. The summed E-state index contributed by atoms with van der Waals surface area (Å²) in [6.07, 6.45) is 0.471.